The highest BCUT2D eigenvalue weighted by Crippen LogP contribution is 2.08. The molecule has 1 aliphatic rings. The lowest BCUT2D eigenvalue weighted by Gasteiger charge is -2.23. The molecule has 1 saturated heterocycles. The van der Waals surface area contributed by atoms with E-state index in [1.54, 1.807) is 4.68 Å². The second kappa shape index (κ2) is 6.12. The fourth-order valence-corrected chi connectivity index (χ4v) is 2.46. The Labute approximate surface area is 103 Å². The highest BCUT2D eigenvalue weighted by molar-refractivity contribution is 4.92. The number of hydrogen-bond donors (Lipinski definition) is 1. The van der Waals surface area contributed by atoms with E-state index in [1.807, 2.05) is 13.2 Å². The fourth-order valence-electron chi connectivity index (χ4n) is 2.46. The molecule has 5 nitrogen and oxygen atoms in total. The summed E-state index contributed by atoms with van der Waals surface area (Å²) < 4.78 is 1.77. The van der Waals surface area contributed by atoms with Gasteiger partial charge in [-0.2, -0.15) is 0 Å². The third-order valence-electron chi connectivity index (χ3n) is 3.24. The van der Waals surface area contributed by atoms with Crippen LogP contribution in [0, 0.1) is 0 Å². The summed E-state index contributed by atoms with van der Waals surface area (Å²) in [4.78, 5) is 2.49. The molecule has 2 rings (SSSR count). The zero-order valence-electron chi connectivity index (χ0n) is 10.9. The molecule has 0 bridgehead atoms. The van der Waals surface area contributed by atoms with Gasteiger partial charge in [-0.25, -0.2) is 0 Å². The molecule has 0 amide bonds. The monoisotopic (exact) mass is 237 g/mol. The van der Waals surface area contributed by atoms with Gasteiger partial charge < -0.3 is 5.32 Å². The molecule has 5 heteroatoms. The van der Waals surface area contributed by atoms with Crippen molar-refractivity contribution < 1.29 is 0 Å². The van der Waals surface area contributed by atoms with Crippen molar-refractivity contribution in [1.29, 1.82) is 0 Å². The molecule has 17 heavy (non-hydrogen) atoms. The molecule has 0 radical (unpaired) electrons. The van der Waals surface area contributed by atoms with Gasteiger partial charge >= 0.3 is 0 Å². The van der Waals surface area contributed by atoms with Crippen LogP contribution in [0.25, 0.3) is 0 Å². The Morgan fingerprint density at radius 2 is 2.41 bits per heavy atom. The maximum absolute atomic E-state index is 4.16. The van der Waals surface area contributed by atoms with E-state index in [-0.39, 0.29) is 0 Å². The van der Waals surface area contributed by atoms with Gasteiger partial charge in [-0.05, 0) is 25.9 Å². The van der Waals surface area contributed by atoms with Crippen molar-refractivity contribution in [3.63, 3.8) is 0 Å². The van der Waals surface area contributed by atoms with Crippen LogP contribution in [-0.2, 0) is 13.6 Å². The van der Waals surface area contributed by atoms with Gasteiger partial charge in [0.05, 0.1) is 5.69 Å². The lowest BCUT2D eigenvalue weighted by molar-refractivity contribution is 0.252. The number of hydrogen-bond acceptors (Lipinski definition) is 4. The average molecular weight is 237 g/mol. The molecule has 1 unspecified atom stereocenters. The molecule has 1 fully saturated rings. The number of nitrogens with zero attached hydrogens (tertiary/aromatic N) is 4. The molecule has 1 aromatic heterocycles. The summed E-state index contributed by atoms with van der Waals surface area (Å²) in [5.74, 6) is 0. The van der Waals surface area contributed by atoms with E-state index in [0.29, 0.717) is 6.04 Å². The first-order valence-electron chi connectivity index (χ1n) is 6.59. The molecular weight excluding hydrogens is 214 g/mol. The zero-order valence-corrected chi connectivity index (χ0v) is 10.9. The molecule has 0 aliphatic carbocycles. The van der Waals surface area contributed by atoms with E-state index in [1.165, 1.54) is 19.3 Å². The van der Waals surface area contributed by atoms with E-state index in [0.717, 1.165) is 31.9 Å². The average Bonchev–Trinajstić information content (AvgIpc) is 2.58. The Morgan fingerprint density at radius 3 is 3.12 bits per heavy atom. The van der Waals surface area contributed by atoms with Crippen LogP contribution >= 0.6 is 0 Å². The Balaban J connectivity index is 1.90. The van der Waals surface area contributed by atoms with Gasteiger partial charge in [0.2, 0.25) is 0 Å². The van der Waals surface area contributed by atoms with E-state index in [9.17, 15) is 0 Å². The Kier molecular flexibility index (Phi) is 4.50. The van der Waals surface area contributed by atoms with Crippen LogP contribution in [0.5, 0.6) is 0 Å². The summed E-state index contributed by atoms with van der Waals surface area (Å²) in [6.07, 6.45) is 5.74. The van der Waals surface area contributed by atoms with Crippen LogP contribution in [0.15, 0.2) is 6.20 Å². The normalized spacial score (nSPS) is 22.6. The second-order valence-electron chi connectivity index (χ2n) is 4.91. The quantitative estimate of drug-likeness (QED) is 0.840. The van der Waals surface area contributed by atoms with Gasteiger partial charge in [-0.1, -0.05) is 18.6 Å². The SMILES string of the molecule is CCCC1CN(Cc2cn(C)nn2)CCCN1. The molecule has 1 aliphatic heterocycles. The van der Waals surface area contributed by atoms with Gasteiger partial charge in [-0.15, -0.1) is 5.10 Å². The summed E-state index contributed by atoms with van der Waals surface area (Å²) in [6.45, 7) is 6.60. The molecule has 0 spiro atoms. The van der Waals surface area contributed by atoms with Crippen molar-refractivity contribution in [2.75, 3.05) is 19.6 Å². The minimum absolute atomic E-state index is 0.638. The summed E-state index contributed by atoms with van der Waals surface area (Å²) >= 11 is 0. The van der Waals surface area contributed by atoms with Gasteiger partial charge in [0, 0.05) is 32.4 Å². The maximum Gasteiger partial charge on any atom is 0.0967 e. The molecule has 1 N–H and O–H groups in total. The molecular formula is C12H23N5. The Bertz CT molecular complexity index is 335. The lowest BCUT2D eigenvalue weighted by atomic mass is 10.1. The highest BCUT2D eigenvalue weighted by atomic mass is 15.4. The van der Waals surface area contributed by atoms with Gasteiger partial charge in [-0.3, -0.25) is 9.58 Å². The molecule has 0 aromatic carbocycles. The summed E-state index contributed by atoms with van der Waals surface area (Å²) in [6, 6.07) is 0.638. The van der Waals surface area contributed by atoms with E-state index in [4.69, 9.17) is 0 Å². The molecule has 0 saturated carbocycles. The number of rotatable bonds is 4. The second-order valence-corrected chi connectivity index (χ2v) is 4.91. The van der Waals surface area contributed by atoms with Crippen LogP contribution in [-0.4, -0.2) is 45.6 Å². The standard InChI is InChI=1S/C12H23N5/c1-3-5-11-9-17(7-4-6-13-11)10-12-8-16(2)15-14-12/h8,11,13H,3-7,9-10H2,1-2H3. The summed E-state index contributed by atoms with van der Waals surface area (Å²) in [5.41, 5.74) is 1.07. The largest absolute Gasteiger partial charge is 0.313 e. The topological polar surface area (TPSA) is 46.0 Å². The fraction of sp³-hybridized carbons (Fsp3) is 0.833. The van der Waals surface area contributed by atoms with E-state index in [2.05, 4.69) is 27.5 Å². The minimum atomic E-state index is 0.638. The third-order valence-corrected chi connectivity index (χ3v) is 3.24. The predicted molar refractivity (Wildman–Crippen MR) is 67.6 cm³/mol. The molecule has 96 valence electrons. The van der Waals surface area contributed by atoms with Crippen molar-refractivity contribution in [2.45, 2.75) is 38.8 Å². The summed E-state index contributed by atoms with van der Waals surface area (Å²) in [7, 11) is 1.92. The Hall–Kier alpha value is -0.940. The maximum atomic E-state index is 4.16. The molecule has 1 aromatic rings. The minimum Gasteiger partial charge on any atom is -0.313 e. The number of aromatic nitrogens is 3. The number of nitrogens with one attached hydrogen (secondary N) is 1. The summed E-state index contributed by atoms with van der Waals surface area (Å²) in [5, 5.41) is 11.8. The smallest absolute Gasteiger partial charge is 0.0967 e. The van der Waals surface area contributed by atoms with E-state index < -0.39 is 0 Å². The first-order valence-corrected chi connectivity index (χ1v) is 6.59. The van der Waals surface area contributed by atoms with Gasteiger partial charge in [0.1, 0.15) is 0 Å². The first kappa shape index (κ1) is 12.5. The van der Waals surface area contributed by atoms with Gasteiger partial charge in [0.25, 0.3) is 0 Å². The highest BCUT2D eigenvalue weighted by Gasteiger charge is 2.17. The van der Waals surface area contributed by atoms with Crippen LogP contribution in [0.2, 0.25) is 0 Å². The van der Waals surface area contributed by atoms with E-state index >= 15 is 0 Å². The van der Waals surface area contributed by atoms with Crippen molar-refractivity contribution in [3.05, 3.63) is 11.9 Å². The van der Waals surface area contributed by atoms with Crippen LogP contribution in [0.3, 0.4) is 0 Å². The van der Waals surface area contributed by atoms with Gasteiger partial charge in [0.15, 0.2) is 0 Å². The van der Waals surface area contributed by atoms with Crippen LogP contribution in [0.1, 0.15) is 31.9 Å². The molecule has 2 heterocycles. The van der Waals surface area contributed by atoms with Crippen LogP contribution < -0.4 is 5.32 Å². The van der Waals surface area contributed by atoms with Crippen molar-refractivity contribution in [1.82, 2.24) is 25.2 Å². The first-order chi connectivity index (χ1) is 8.28. The molecule has 1 atom stereocenters. The van der Waals surface area contributed by atoms with Crippen molar-refractivity contribution >= 4 is 0 Å². The van der Waals surface area contributed by atoms with Crippen molar-refractivity contribution in [3.8, 4) is 0 Å². The zero-order chi connectivity index (χ0) is 12.1. The lowest BCUT2D eigenvalue weighted by Crippen LogP contribution is -2.37. The van der Waals surface area contributed by atoms with Crippen LogP contribution in [0.4, 0.5) is 0 Å². The Morgan fingerprint density at radius 1 is 1.53 bits per heavy atom. The van der Waals surface area contributed by atoms with Crippen molar-refractivity contribution in [2.24, 2.45) is 7.05 Å². The third kappa shape index (κ3) is 3.78. The number of aryl methyl sites for hydroxylation is 1. The predicted octanol–water partition coefficient (Wildman–Crippen LogP) is 0.779.